The van der Waals surface area contributed by atoms with Crippen LogP contribution in [0.4, 0.5) is 0 Å². The van der Waals surface area contributed by atoms with E-state index in [9.17, 15) is 26.4 Å². The number of amides is 2. The summed E-state index contributed by atoms with van der Waals surface area (Å²) in [5, 5.41) is 13.8. The summed E-state index contributed by atoms with van der Waals surface area (Å²) in [6.07, 6.45) is 12.6. The smallest absolute Gasteiger partial charge is 0.252 e. The van der Waals surface area contributed by atoms with E-state index in [0.717, 1.165) is 48.5 Å². The molecule has 4 N–H and O–H groups in total. The fraction of sp³-hybridized carbons (Fsp3) is 0.511. The first kappa shape index (κ1) is 51.1. The van der Waals surface area contributed by atoms with Crippen molar-refractivity contribution >= 4 is 77.7 Å². The van der Waals surface area contributed by atoms with Gasteiger partial charge in [-0.05, 0) is 112 Å². The maximum atomic E-state index is 13.0. The quantitative estimate of drug-likeness (QED) is 0.0537. The minimum absolute atomic E-state index is 0.217. The number of nitrogens with one attached hydrogen (secondary N) is 4. The number of unbranched alkanes of at least 4 members (excludes halogenated alkanes) is 7. The van der Waals surface area contributed by atoms with Crippen molar-refractivity contribution in [2.24, 2.45) is 0 Å². The predicted octanol–water partition coefficient (Wildman–Crippen LogP) is 8.92. The van der Waals surface area contributed by atoms with Gasteiger partial charge in [0, 0.05) is 69.2 Å². The van der Waals surface area contributed by atoms with Crippen LogP contribution in [0.25, 0.3) is 0 Å². The van der Waals surface area contributed by atoms with Crippen LogP contribution in [0.3, 0.4) is 0 Å². The van der Waals surface area contributed by atoms with E-state index >= 15 is 0 Å². The molecule has 2 aliphatic rings. The lowest BCUT2D eigenvalue weighted by Crippen LogP contribution is -2.35. The first-order chi connectivity index (χ1) is 30.3. The zero-order valence-electron chi connectivity index (χ0n) is 36.3. The number of thiophene rings is 2. The molecule has 2 aromatic heterocycles. The Labute approximate surface area is 392 Å². The van der Waals surface area contributed by atoms with Crippen molar-refractivity contribution in [3.63, 3.8) is 0 Å². The van der Waals surface area contributed by atoms with E-state index in [1.807, 2.05) is 0 Å². The summed E-state index contributed by atoms with van der Waals surface area (Å²) in [4.78, 5) is 26.1. The molecule has 4 heterocycles. The third-order valence-electron chi connectivity index (χ3n) is 11.0. The Morgan fingerprint density at radius 1 is 0.571 bits per heavy atom. The summed E-state index contributed by atoms with van der Waals surface area (Å²) in [5.74, 6) is -0.440. The maximum absolute atomic E-state index is 13.0. The Bertz CT molecular complexity index is 2250. The Balaban J connectivity index is 0.000000238. The fourth-order valence-electron chi connectivity index (χ4n) is 7.30. The molecule has 6 rings (SSSR count). The molecule has 2 fully saturated rings. The number of benzene rings is 2. The van der Waals surface area contributed by atoms with Crippen LogP contribution in [0.5, 0.6) is 0 Å². The summed E-state index contributed by atoms with van der Waals surface area (Å²) in [5.41, 5.74) is 1.03. The van der Waals surface area contributed by atoms with Crippen molar-refractivity contribution in [1.29, 1.82) is 0 Å². The molecule has 0 bridgehead atoms. The summed E-state index contributed by atoms with van der Waals surface area (Å²) in [6.45, 7) is 8.94. The molecule has 0 saturated carbocycles. The fourth-order valence-corrected chi connectivity index (χ4v) is 13.5. The summed E-state index contributed by atoms with van der Waals surface area (Å²) in [6, 6.07) is 20.5. The molecule has 0 aliphatic carbocycles. The van der Waals surface area contributed by atoms with Crippen molar-refractivity contribution in [3.8, 4) is 0 Å². The standard InChI is InChI=1S/C23H32ClN3O3S2.C22H30ClN3O3S2/c1-2-3-4-5-6-14-25-20-13-15-27(17-20)32(29,30)22-12-11-21(31-22)16-26-23(28)18-7-9-19(24)10-8-18;1-2-3-4-5-13-24-19-12-14-26(16-19)31(28,29)21-11-10-20(30-21)15-25-22(27)17-6-8-18(23)9-7-17/h7-12,20,25H,2-6,13-17H2,1H3,(H,26,28);6-11,19,24H,2-5,12-16H2,1H3,(H,25,27). The van der Waals surface area contributed by atoms with Crippen LogP contribution in [0.1, 0.15) is 115 Å². The number of rotatable bonds is 23. The highest BCUT2D eigenvalue weighted by Crippen LogP contribution is 2.29. The molecule has 0 radical (unpaired) electrons. The highest BCUT2D eigenvalue weighted by Gasteiger charge is 2.34. The number of carbonyl (C=O) groups excluding carboxylic acids is 2. The van der Waals surface area contributed by atoms with Gasteiger partial charge in [0.15, 0.2) is 0 Å². The average Bonchev–Trinajstić information content (AvgIpc) is 4.12. The van der Waals surface area contributed by atoms with Gasteiger partial charge in [0.1, 0.15) is 8.42 Å². The topological polar surface area (TPSA) is 157 Å². The van der Waals surface area contributed by atoms with Crippen molar-refractivity contribution in [1.82, 2.24) is 29.9 Å². The van der Waals surface area contributed by atoms with Gasteiger partial charge < -0.3 is 21.3 Å². The van der Waals surface area contributed by atoms with E-state index in [0.29, 0.717) is 55.8 Å². The number of nitrogens with zero attached hydrogens (tertiary/aromatic N) is 2. The van der Waals surface area contributed by atoms with Crippen LogP contribution in [0.2, 0.25) is 10.0 Å². The van der Waals surface area contributed by atoms with Gasteiger partial charge in [-0.3, -0.25) is 9.59 Å². The molecule has 18 heteroatoms. The Morgan fingerprint density at radius 2 is 0.952 bits per heavy atom. The Kier molecular flexibility index (Phi) is 20.8. The van der Waals surface area contributed by atoms with Gasteiger partial charge in [-0.1, -0.05) is 82.0 Å². The molecule has 0 spiro atoms. The number of halogens is 2. The van der Waals surface area contributed by atoms with Gasteiger partial charge in [0.2, 0.25) is 0 Å². The van der Waals surface area contributed by atoms with Gasteiger partial charge in [0.25, 0.3) is 31.9 Å². The third-order valence-corrected chi connectivity index (χ3v) is 18.3. The largest absolute Gasteiger partial charge is 0.347 e. The number of sulfonamides is 2. The zero-order valence-corrected chi connectivity index (χ0v) is 41.0. The van der Waals surface area contributed by atoms with Crippen LogP contribution >= 0.6 is 45.9 Å². The summed E-state index contributed by atoms with van der Waals surface area (Å²) in [7, 11) is -7.01. The van der Waals surface area contributed by atoms with Crippen LogP contribution in [0, 0.1) is 0 Å². The Morgan fingerprint density at radius 3 is 1.35 bits per heavy atom. The van der Waals surface area contributed by atoms with Crippen molar-refractivity contribution in [3.05, 3.63) is 104 Å². The van der Waals surface area contributed by atoms with Gasteiger partial charge in [-0.25, -0.2) is 16.8 Å². The molecular formula is C45H62Cl2N6O6S4. The maximum Gasteiger partial charge on any atom is 0.252 e. The van der Waals surface area contributed by atoms with Crippen molar-refractivity contribution in [2.45, 2.75) is 118 Å². The molecule has 2 aliphatic heterocycles. The third kappa shape index (κ3) is 15.9. The number of carbonyl (C=O) groups is 2. The van der Waals surface area contributed by atoms with E-state index in [1.54, 1.807) is 81.4 Å². The first-order valence-corrected chi connectivity index (χ1v) is 27.3. The lowest BCUT2D eigenvalue weighted by Gasteiger charge is -2.16. The molecule has 63 heavy (non-hydrogen) atoms. The monoisotopic (exact) mass is 980 g/mol. The lowest BCUT2D eigenvalue weighted by atomic mass is 10.1. The van der Waals surface area contributed by atoms with Crippen LogP contribution < -0.4 is 21.3 Å². The Hall–Kier alpha value is -2.90. The SMILES string of the molecule is CCCCCCCNC1CCN(S(=O)(=O)c2ccc(CNC(=O)c3ccc(Cl)cc3)s2)C1.CCCCCCNC1CCN(S(=O)(=O)c2ccc(CNC(=O)c3ccc(Cl)cc3)s2)C1. The van der Waals surface area contributed by atoms with E-state index in [-0.39, 0.29) is 37.0 Å². The second-order valence-electron chi connectivity index (χ2n) is 15.9. The molecule has 346 valence electrons. The predicted molar refractivity (Wildman–Crippen MR) is 257 cm³/mol. The van der Waals surface area contributed by atoms with Gasteiger partial charge in [-0.15, -0.1) is 22.7 Å². The molecule has 2 atom stereocenters. The van der Waals surface area contributed by atoms with E-state index in [4.69, 9.17) is 23.2 Å². The molecular weight excluding hydrogens is 920 g/mol. The first-order valence-electron chi connectivity index (χ1n) is 22.0. The second-order valence-corrected chi connectivity index (χ2v) is 23.4. The number of hydrogen-bond donors (Lipinski definition) is 4. The van der Waals surface area contributed by atoms with Crippen LogP contribution in [0.15, 0.2) is 81.2 Å². The van der Waals surface area contributed by atoms with Gasteiger partial charge in [-0.2, -0.15) is 8.61 Å². The van der Waals surface area contributed by atoms with E-state index in [2.05, 4.69) is 35.1 Å². The summed E-state index contributed by atoms with van der Waals surface area (Å²) < 4.78 is 55.9. The van der Waals surface area contributed by atoms with E-state index in [1.165, 1.54) is 67.6 Å². The lowest BCUT2D eigenvalue weighted by molar-refractivity contribution is 0.0943. The number of hydrogen-bond acceptors (Lipinski definition) is 10. The second kappa shape index (κ2) is 25.7. The normalized spacial score (nSPS) is 17.1. The molecule has 12 nitrogen and oxygen atoms in total. The molecule has 2 unspecified atom stereocenters. The van der Waals surface area contributed by atoms with Gasteiger partial charge >= 0.3 is 0 Å². The van der Waals surface area contributed by atoms with Gasteiger partial charge in [0.05, 0.1) is 13.1 Å². The minimum atomic E-state index is -3.50. The van der Waals surface area contributed by atoms with E-state index < -0.39 is 20.0 Å². The van der Waals surface area contributed by atoms with Crippen molar-refractivity contribution in [2.75, 3.05) is 39.3 Å². The van der Waals surface area contributed by atoms with Crippen molar-refractivity contribution < 1.29 is 26.4 Å². The molecule has 4 aromatic rings. The summed E-state index contributed by atoms with van der Waals surface area (Å²) >= 11 is 14.1. The molecule has 2 amide bonds. The highest BCUT2D eigenvalue weighted by atomic mass is 35.5. The van der Waals surface area contributed by atoms with Crippen LogP contribution in [-0.4, -0.2) is 88.6 Å². The van der Waals surface area contributed by atoms with Crippen LogP contribution in [-0.2, 0) is 33.1 Å². The molecule has 2 aromatic carbocycles. The average molecular weight is 982 g/mol. The zero-order chi connectivity index (χ0) is 45.2. The molecule has 2 saturated heterocycles. The highest BCUT2D eigenvalue weighted by molar-refractivity contribution is 7.91. The minimum Gasteiger partial charge on any atom is -0.347 e.